The minimum absolute atomic E-state index is 0.257. The Kier molecular flexibility index (Phi) is 5.34. The summed E-state index contributed by atoms with van der Waals surface area (Å²) in [6.45, 7) is 5.08. The van der Waals surface area contributed by atoms with Gasteiger partial charge in [-0.05, 0) is 44.2 Å². The molecule has 2 heterocycles. The van der Waals surface area contributed by atoms with Crippen LogP contribution in [0.2, 0.25) is 0 Å². The molecule has 0 aliphatic rings. The molecule has 152 valence electrons. The van der Waals surface area contributed by atoms with Gasteiger partial charge in [0.15, 0.2) is 0 Å². The van der Waals surface area contributed by atoms with Crippen LogP contribution in [-0.4, -0.2) is 27.9 Å². The van der Waals surface area contributed by atoms with E-state index >= 15 is 0 Å². The number of fused-ring (bicyclic) bond motifs is 1. The largest absolute Gasteiger partial charge is 0.497 e. The highest BCUT2D eigenvalue weighted by Crippen LogP contribution is 2.24. The van der Waals surface area contributed by atoms with Gasteiger partial charge in [-0.15, -0.1) is 0 Å². The molecule has 0 amide bonds. The Balaban J connectivity index is 1.62. The molecule has 4 aromatic rings. The molecule has 4 rings (SSSR count). The van der Waals surface area contributed by atoms with E-state index in [1.54, 1.807) is 13.3 Å². The van der Waals surface area contributed by atoms with Crippen molar-refractivity contribution < 1.29 is 4.74 Å². The lowest BCUT2D eigenvalue weighted by molar-refractivity contribution is 0.415. The van der Waals surface area contributed by atoms with Crippen LogP contribution in [-0.2, 0) is 6.54 Å². The van der Waals surface area contributed by atoms with Gasteiger partial charge in [-0.1, -0.05) is 18.2 Å². The van der Waals surface area contributed by atoms with Crippen LogP contribution in [0.25, 0.3) is 22.2 Å². The van der Waals surface area contributed by atoms with Crippen LogP contribution in [0.1, 0.15) is 18.2 Å². The third-order valence-electron chi connectivity index (χ3n) is 5.09. The molecule has 0 aliphatic carbocycles. The number of rotatable bonds is 6. The number of aromatic nitrogens is 3. The summed E-state index contributed by atoms with van der Waals surface area (Å²) >= 11 is 0. The van der Waals surface area contributed by atoms with E-state index in [4.69, 9.17) is 4.74 Å². The Morgan fingerprint density at radius 3 is 2.70 bits per heavy atom. The average molecular weight is 401 g/mol. The molecule has 30 heavy (non-hydrogen) atoms. The highest BCUT2D eigenvalue weighted by Gasteiger charge is 2.11. The third-order valence-corrected chi connectivity index (χ3v) is 5.09. The van der Waals surface area contributed by atoms with Gasteiger partial charge in [0.25, 0.3) is 5.56 Å². The summed E-state index contributed by atoms with van der Waals surface area (Å²) in [5.41, 5.74) is 7.31. The van der Waals surface area contributed by atoms with Crippen molar-refractivity contribution in [1.29, 1.82) is 0 Å². The lowest BCUT2D eigenvalue weighted by Gasteiger charge is -2.05. The number of H-pyrrole nitrogens is 1. The molecule has 2 N–H and O–H groups in total. The molecule has 2 aromatic heterocycles. The van der Waals surface area contributed by atoms with E-state index in [2.05, 4.69) is 51.0 Å². The summed E-state index contributed by atoms with van der Waals surface area (Å²) in [7, 11) is 1.61. The van der Waals surface area contributed by atoms with E-state index in [-0.39, 0.29) is 11.5 Å². The van der Waals surface area contributed by atoms with Crippen molar-refractivity contribution in [3.63, 3.8) is 0 Å². The zero-order valence-corrected chi connectivity index (χ0v) is 17.1. The predicted octanol–water partition coefficient (Wildman–Crippen LogP) is 4.17. The van der Waals surface area contributed by atoms with E-state index in [0.717, 1.165) is 34.5 Å². The van der Waals surface area contributed by atoms with Crippen LogP contribution >= 0.6 is 0 Å². The summed E-state index contributed by atoms with van der Waals surface area (Å²) in [6.07, 6.45) is 1.77. The number of hydrogen-bond donors (Lipinski definition) is 2. The summed E-state index contributed by atoms with van der Waals surface area (Å²) in [5, 5.41) is 5.47. The quantitative estimate of drug-likeness (QED) is 0.375. The van der Waals surface area contributed by atoms with Crippen molar-refractivity contribution in [1.82, 2.24) is 14.5 Å². The Bertz CT molecular complexity index is 1270. The Morgan fingerprint density at radius 1 is 1.20 bits per heavy atom. The molecular weight excluding hydrogens is 378 g/mol. The van der Waals surface area contributed by atoms with Gasteiger partial charge in [-0.2, -0.15) is 5.10 Å². The second-order valence-corrected chi connectivity index (χ2v) is 6.84. The Hall–Kier alpha value is -3.87. The van der Waals surface area contributed by atoms with Gasteiger partial charge in [-0.3, -0.25) is 9.78 Å². The maximum Gasteiger partial charge on any atom is 0.252 e. The maximum absolute atomic E-state index is 12.1. The van der Waals surface area contributed by atoms with E-state index < -0.39 is 0 Å². The van der Waals surface area contributed by atoms with Crippen LogP contribution in [0.5, 0.6) is 5.75 Å². The SMILES string of the molecule is CCn1c(C)c(/C=N\Nc2nc(-c3ccc(OC)cc3)cc(=O)[nH]2)c2ccccc21. The molecule has 0 fully saturated rings. The molecule has 0 radical (unpaired) electrons. The molecule has 0 unspecified atom stereocenters. The average Bonchev–Trinajstić information content (AvgIpc) is 3.04. The van der Waals surface area contributed by atoms with Crippen LogP contribution < -0.4 is 15.7 Å². The van der Waals surface area contributed by atoms with Crippen LogP contribution in [0.3, 0.4) is 0 Å². The number of nitrogens with zero attached hydrogens (tertiary/aromatic N) is 3. The Labute approximate surface area is 174 Å². The first kappa shape index (κ1) is 19.4. The van der Waals surface area contributed by atoms with Gasteiger partial charge in [-0.25, -0.2) is 10.4 Å². The number of hydrazone groups is 1. The summed E-state index contributed by atoms with van der Waals surface area (Å²) in [4.78, 5) is 19.2. The first-order valence-electron chi connectivity index (χ1n) is 9.73. The molecule has 0 bridgehead atoms. The first-order chi connectivity index (χ1) is 14.6. The van der Waals surface area contributed by atoms with E-state index in [0.29, 0.717) is 5.69 Å². The fourth-order valence-corrected chi connectivity index (χ4v) is 3.61. The number of ether oxygens (including phenoxy) is 1. The number of methoxy groups -OCH3 is 1. The molecular formula is C23H23N5O2. The second-order valence-electron chi connectivity index (χ2n) is 6.84. The number of hydrogen-bond acceptors (Lipinski definition) is 5. The highest BCUT2D eigenvalue weighted by atomic mass is 16.5. The smallest absolute Gasteiger partial charge is 0.252 e. The third kappa shape index (κ3) is 3.69. The van der Waals surface area contributed by atoms with Gasteiger partial charge in [0.2, 0.25) is 5.95 Å². The minimum Gasteiger partial charge on any atom is -0.497 e. The summed E-state index contributed by atoms with van der Waals surface area (Å²) in [6, 6.07) is 17.1. The van der Waals surface area contributed by atoms with Gasteiger partial charge in [0.05, 0.1) is 19.0 Å². The number of para-hydroxylation sites is 1. The fourth-order valence-electron chi connectivity index (χ4n) is 3.61. The number of nitrogens with one attached hydrogen (secondary N) is 2. The number of aryl methyl sites for hydroxylation is 1. The molecule has 2 aromatic carbocycles. The Morgan fingerprint density at radius 2 is 1.97 bits per heavy atom. The molecule has 0 saturated carbocycles. The standard InChI is InChI=1S/C23H23N5O2/c1-4-28-15(2)19(18-7-5-6-8-21(18)28)14-24-27-23-25-20(13-22(29)26-23)16-9-11-17(30-3)12-10-16/h5-14H,4H2,1-3H3,(H2,25,26,27,29)/b24-14-. The molecule has 0 atom stereocenters. The van der Waals surface area contributed by atoms with Crippen LogP contribution in [0.15, 0.2) is 64.5 Å². The van der Waals surface area contributed by atoms with Gasteiger partial charge < -0.3 is 9.30 Å². The monoisotopic (exact) mass is 401 g/mol. The van der Waals surface area contributed by atoms with Crippen molar-refractivity contribution >= 4 is 23.1 Å². The van der Waals surface area contributed by atoms with E-state index in [1.165, 1.54) is 11.6 Å². The lowest BCUT2D eigenvalue weighted by Crippen LogP contribution is -2.10. The van der Waals surface area contributed by atoms with Crippen molar-refractivity contribution in [2.24, 2.45) is 5.10 Å². The topological polar surface area (TPSA) is 84.3 Å². The first-order valence-corrected chi connectivity index (χ1v) is 9.73. The predicted molar refractivity (Wildman–Crippen MR) is 120 cm³/mol. The lowest BCUT2D eigenvalue weighted by atomic mass is 10.1. The molecule has 7 heteroatoms. The summed E-state index contributed by atoms with van der Waals surface area (Å²) in [5.74, 6) is 1.02. The van der Waals surface area contributed by atoms with Gasteiger partial charge in [0, 0.05) is 40.3 Å². The van der Waals surface area contributed by atoms with Crippen LogP contribution in [0, 0.1) is 6.92 Å². The zero-order valence-electron chi connectivity index (χ0n) is 17.1. The highest BCUT2D eigenvalue weighted by molar-refractivity contribution is 6.01. The number of anilines is 1. The van der Waals surface area contributed by atoms with Crippen molar-refractivity contribution in [3.8, 4) is 17.0 Å². The molecule has 0 aliphatic heterocycles. The van der Waals surface area contributed by atoms with E-state index in [1.807, 2.05) is 36.4 Å². The molecule has 7 nitrogen and oxygen atoms in total. The normalized spacial score (nSPS) is 11.3. The van der Waals surface area contributed by atoms with E-state index in [9.17, 15) is 4.79 Å². The number of benzene rings is 2. The fraction of sp³-hybridized carbons (Fsp3) is 0.174. The van der Waals surface area contributed by atoms with Gasteiger partial charge >= 0.3 is 0 Å². The maximum atomic E-state index is 12.1. The van der Waals surface area contributed by atoms with Crippen molar-refractivity contribution in [3.05, 3.63) is 76.2 Å². The van der Waals surface area contributed by atoms with Gasteiger partial charge in [0.1, 0.15) is 5.75 Å². The minimum atomic E-state index is -0.257. The second kappa shape index (κ2) is 8.24. The van der Waals surface area contributed by atoms with Crippen molar-refractivity contribution in [2.75, 3.05) is 12.5 Å². The molecule has 0 saturated heterocycles. The number of aromatic amines is 1. The van der Waals surface area contributed by atoms with Crippen LogP contribution in [0.4, 0.5) is 5.95 Å². The van der Waals surface area contributed by atoms with Crippen molar-refractivity contribution in [2.45, 2.75) is 20.4 Å². The zero-order chi connectivity index (χ0) is 21.1. The summed E-state index contributed by atoms with van der Waals surface area (Å²) < 4.78 is 7.43. The molecule has 0 spiro atoms.